The number of halogens is 1. The van der Waals surface area contributed by atoms with Crippen molar-refractivity contribution < 1.29 is 4.39 Å². The molecule has 0 aliphatic carbocycles. The predicted octanol–water partition coefficient (Wildman–Crippen LogP) is 1.33. The van der Waals surface area contributed by atoms with Gasteiger partial charge in [0.15, 0.2) is 11.5 Å². The molecule has 0 fully saturated rings. The van der Waals surface area contributed by atoms with Gasteiger partial charge in [-0.25, -0.2) is 19.0 Å². The fourth-order valence-corrected chi connectivity index (χ4v) is 2.03. The summed E-state index contributed by atoms with van der Waals surface area (Å²) in [7, 11) is 1.71. The van der Waals surface area contributed by atoms with Gasteiger partial charge in [-0.3, -0.25) is 0 Å². The Morgan fingerprint density at radius 1 is 1.21 bits per heavy atom. The monoisotopic (exact) mass is 258 g/mol. The van der Waals surface area contributed by atoms with Crippen LogP contribution in [0.25, 0.3) is 22.3 Å². The smallest absolute Gasteiger partial charge is 0.163 e. The van der Waals surface area contributed by atoms with Gasteiger partial charge in [-0.05, 0) is 12.1 Å². The Balaban J connectivity index is 2.41. The van der Waals surface area contributed by atoms with Crippen molar-refractivity contribution in [3.05, 3.63) is 30.3 Å². The zero-order valence-electron chi connectivity index (χ0n) is 10.1. The van der Waals surface area contributed by atoms with E-state index in [4.69, 9.17) is 11.5 Å². The second kappa shape index (κ2) is 3.91. The van der Waals surface area contributed by atoms with E-state index in [1.807, 2.05) is 0 Å². The molecular formula is C12H11FN6. The Hall–Kier alpha value is -2.70. The molecular weight excluding hydrogens is 247 g/mol. The summed E-state index contributed by atoms with van der Waals surface area (Å²) in [5.74, 6) is -0.263. The van der Waals surface area contributed by atoms with Crippen LogP contribution in [0.1, 0.15) is 0 Å². The first kappa shape index (κ1) is 11.4. The van der Waals surface area contributed by atoms with Crippen molar-refractivity contribution >= 4 is 22.5 Å². The maximum absolute atomic E-state index is 14.1. The highest BCUT2D eigenvalue weighted by Crippen LogP contribution is 2.32. The third kappa shape index (κ3) is 1.59. The van der Waals surface area contributed by atoms with E-state index >= 15 is 0 Å². The number of anilines is 2. The summed E-state index contributed by atoms with van der Waals surface area (Å²) >= 11 is 0. The molecule has 6 nitrogen and oxygen atoms in total. The fraction of sp³-hybridized carbons (Fsp3) is 0.0833. The summed E-state index contributed by atoms with van der Waals surface area (Å²) in [5.41, 5.74) is 12.7. The molecule has 3 rings (SSSR count). The first-order valence-corrected chi connectivity index (χ1v) is 5.57. The highest BCUT2D eigenvalue weighted by Gasteiger charge is 2.18. The molecule has 0 aliphatic rings. The van der Waals surface area contributed by atoms with Crippen LogP contribution in [0.3, 0.4) is 0 Å². The SMILES string of the molecule is Cn1nc(-c2cccc(N)c2F)c2c(N)ncnc21. The third-order valence-corrected chi connectivity index (χ3v) is 2.93. The summed E-state index contributed by atoms with van der Waals surface area (Å²) < 4.78 is 15.6. The summed E-state index contributed by atoms with van der Waals surface area (Å²) in [4.78, 5) is 8.01. The van der Waals surface area contributed by atoms with E-state index < -0.39 is 5.82 Å². The van der Waals surface area contributed by atoms with Gasteiger partial charge < -0.3 is 11.5 Å². The number of fused-ring (bicyclic) bond motifs is 1. The highest BCUT2D eigenvalue weighted by atomic mass is 19.1. The molecule has 0 spiro atoms. The first-order valence-electron chi connectivity index (χ1n) is 5.57. The van der Waals surface area contributed by atoms with Gasteiger partial charge >= 0.3 is 0 Å². The molecule has 2 aromatic heterocycles. The molecule has 0 atom stereocenters. The second-order valence-electron chi connectivity index (χ2n) is 4.14. The molecule has 0 saturated carbocycles. The molecule has 0 bridgehead atoms. The van der Waals surface area contributed by atoms with E-state index in [9.17, 15) is 4.39 Å². The lowest BCUT2D eigenvalue weighted by Crippen LogP contribution is -1.96. The summed E-state index contributed by atoms with van der Waals surface area (Å²) in [6.07, 6.45) is 1.35. The molecule has 7 heteroatoms. The van der Waals surface area contributed by atoms with Crippen LogP contribution in [-0.4, -0.2) is 19.7 Å². The maximum atomic E-state index is 14.1. The molecule has 0 unspecified atom stereocenters. The van der Waals surface area contributed by atoms with Gasteiger partial charge in [0.05, 0.1) is 11.1 Å². The molecule has 19 heavy (non-hydrogen) atoms. The number of nitrogen functional groups attached to an aromatic ring is 2. The van der Waals surface area contributed by atoms with Gasteiger partial charge in [0.1, 0.15) is 17.8 Å². The Labute approximate surface area is 107 Å². The molecule has 2 heterocycles. The van der Waals surface area contributed by atoms with Crippen LogP contribution in [-0.2, 0) is 7.05 Å². The van der Waals surface area contributed by atoms with Gasteiger partial charge in [0.25, 0.3) is 0 Å². The first-order chi connectivity index (χ1) is 9.09. The molecule has 1 aromatic carbocycles. The molecule has 0 radical (unpaired) electrons. The number of aromatic nitrogens is 4. The zero-order valence-corrected chi connectivity index (χ0v) is 10.1. The van der Waals surface area contributed by atoms with E-state index in [0.717, 1.165) is 0 Å². The fourth-order valence-electron chi connectivity index (χ4n) is 2.03. The van der Waals surface area contributed by atoms with Crippen molar-refractivity contribution in [2.45, 2.75) is 0 Å². The molecule has 96 valence electrons. The van der Waals surface area contributed by atoms with Crippen molar-refractivity contribution in [1.82, 2.24) is 19.7 Å². The maximum Gasteiger partial charge on any atom is 0.163 e. The number of nitrogens with two attached hydrogens (primary N) is 2. The number of hydrogen-bond acceptors (Lipinski definition) is 5. The summed E-state index contributed by atoms with van der Waals surface area (Å²) in [6.45, 7) is 0. The standard InChI is InChI=1S/C12H11FN6/c1-19-12-8(11(15)16-5-17-12)10(18-19)6-3-2-4-7(14)9(6)13/h2-5H,14H2,1H3,(H2,15,16,17). The van der Waals surface area contributed by atoms with E-state index in [-0.39, 0.29) is 17.1 Å². The molecule has 4 N–H and O–H groups in total. The quantitative estimate of drug-likeness (QED) is 0.642. The number of rotatable bonds is 1. The summed E-state index contributed by atoms with van der Waals surface area (Å²) in [5, 5.41) is 4.78. The van der Waals surface area contributed by atoms with Crippen molar-refractivity contribution in [3.8, 4) is 11.3 Å². The van der Waals surface area contributed by atoms with Gasteiger partial charge in [0, 0.05) is 12.6 Å². The molecule has 0 amide bonds. The van der Waals surface area contributed by atoms with Crippen molar-refractivity contribution in [1.29, 1.82) is 0 Å². The summed E-state index contributed by atoms with van der Waals surface area (Å²) in [6, 6.07) is 4.75. The minimum absolute atomic E-state index is 0.0618. The van der Waals surface area contributed by atoms with Gasteiger partial charge in [-0.2, -0.15) is 5.10 Å². The van der Waals surface area contributed by atoms with E-state index in [1.165, 1.54) is 17.1 Å². The average molecular weight is 258 g/mol. The van der Waals surface area contributed by atoms with Crippen LogP contribution >= 0.6 is 0 Å². The zero-order chi connectivity index (χ0) is 13.6. The molecule has 3 aromatic rings. The minimum atomic E-state index is -0.522. The topological polar surface area (TPSA) is 95.6 Å². The van der Waals surface area contributed by atoms with E-state index in [2.05, 4.69) is 15.1 Å². The van der Waals surface area contributed by atoms with Crippen LogP contribution in [0, 0.1) is 5.82 Å². The lowest BCUT2D eigenvalue weighted by Gasteiger charge is -2.03. The normalized spacial score (nSPS) is 11.1. The van der Waals surface area contributed by atoms with E-state index in [1.54, 1.807) is 19.2 Å². The highest BCUT2D eigenvalue weighted by molar-refractivity contribution is 5.98. The lowest BCUT2D eigenvalue weighted by molar-refractivity contribution is 0.634. The van der Waals surface area contributed by atoms with Gasteiger partial charge in [-0.15, -0.1) is 0 Å². The largest absolute Gasteiger partial charge is 0.396 e. The number of benzene rings is 1. The molecule has 0 aliphatic heterocycles. The Kier molecular flexibility index (Phi) is 2.34. The van der Waals surface area contributed by atoms with Crippen molar-refractivity contribution in [3.63, 3.8) is 0 Å². The minimum Gasteiger partial charge on any atom is -0.396 e. The van der Waals surface area contributed by atoms with Crippen LogP contribution in [0.15, 0.2) is 24.5 Å². The van der Waals surface area contributed by atoms with Crippen LogP contribution in [0.2, 0.25) is 0 Å². The number of hydrogen-bond donors (Lipinski definition) is 2. The Morgan fingerprint density at radius 2 is 2.00 bits per heavy atom. The molecule has 0 saturated heterocycles. The Morgan fingerprint density at radius 3 is 2.79 bits per heavy atom. The average Bonchev–Trinajstić information content (AvgIpc) is 2.72. The van der Waals surface area contributed by atoms with Crippen molar-refractivity contribution in [2.75, 3.05) is 11.5 Å². The predicted molar refractivity (Wildman–Crippen MR) is 70.5 cm³/mol. The van der Waals surface area contributed by atoms with Crippen LogP contribution < -0.4 is 11.5 Å². The Bertz CT molecular complexity index is 779. The van der Waals surface area contributed by atoms with Gasteiger partial charge in [-0.1, -0.05) is 6.07 Å². The van der Waals surface area contributed by atoms with Crippen molar-refractivity contribution in [2.24, 2.45) is 7.05 Å². The van der Waals surface area contributed by atoms with E-state index in [0.29, 0.717) is 16.7 Å². The number of aryl methyl sites for hydroxylation is 1. The second-order valence-corrected chi connectivity index (χ2v) is 4.14. The van der Waals surface area contributed by atoms with Gasteiger partial charge in [0.2, 0.25) is 0 Å². The lowest BCUT2D eigenvalue weighted by atomic mass is 10.1. The third-order valence-electron chi connectivity index (χ3n) is 2.93. The number of nitrogens with zero attached hydrogens (tertiary/aromatic N) is 4. The van der Waals surface area contributed by atoms with Crippen LogP contribution in [0.5, 0.6) is 0 Å². The van der Waals surface area contributed by atoms with Crippen LogP contribution in [0.4, 0.5) is 15.9 Å².